The number of hydrogen-bond acceptors (Lipinski definition) is 8. The van der Waals surface area contributed by atoms with Crippen molar-refractivity contribution in [2.45, 2.75) is 0 Å². The molecule has 0 bridgehead atoms. The molecule has 0 amide bonds. The fraction of sp³-hybridized carbons (Fsp3) is 0. The summed E-state index contributed by atoms with van der Waals surface area (Å²) in [5.74, 6) is 5.13. The summed E-state index contributed by atoms with van der Waals surface area (Å²) in [6, 6.07) is 7.05. The lowest BCUT2D eigenvalue weighted by molar-refractivity contribution is -0.384. The highest BCUT2D eigenvalue weighted by Gasteiger charge is 2.25. The number of anilines is 1. The first kappa shape index (κ1) is 11.9. The maximum absolute atomic E-state index is 11.2. The number of hydrazine groups is 1. The minimum absolute atomic E-state index is 0.00773. The third-order valence-corrected chi connectivity index (χ3v) is 2.67. The van der Waals surface area contributed by atoms with Gasteiger partial charge in [-0.05, 0) is 12.1 Å². The lowest BCUT2D eigenvalue weighted by atomic mass is 10.3. The number of nitrogen functional groups attached to an aromatic ring is 1. The molecule has 0 saturated carbocycles. The first-order valence-corrected chi connectivity index (χ1v) is 5.49. The molecule has 10 heteroatoms. The summed E-state index contributed by atoms with van der Waals surface area (Å²) in [4.78, 5) is 18.2. The van der Waals surface area contributed by atoms with E-state index >= 15 is 0 Å². The van der Waals surface area contributed by atoms with Crippen molar-refractivity contribution in [3.8, 4) is 5.82 Å². The summed E-state index contributed by atoms with van der Waals surface area (Å²) in [6.45, 7) is 0. The van der Waals surface area contributed by atoms with Gasteiger partial charge in [0.25, 0.3) is 0 Å². The smallest absolute Gasteiger partial charge is 0.303 e. The Balaban J connectivity index is 2.32. The summed E-state index contributed by atoms with van der Waals surface area (Å²) in [7, 11) is 0. The molecule has 2 aromatic heterocycles. The van der Waals surface area contributed by atoms with Crippen molar-refractivity contribution in [1.82, 2.24) is 25.0 Å². The van der Waals surface area contributed by atoms with Gasteiger partial charge in [-0.1, -0.05) is 17.3 Å². The van der Waals surface area contributed by atoms with Crippen LogP contribution in [0.5, 0.6) is 0 Å². The van der Waals surface area contributed by atoms with E-state index in [4.69, 9.17) is 5.84 Å². The zero-order valence-electron chi connectivity index (χ0n) is 9.96. The average molecular weight is 272 g/mol. The number of nitro groups is 1. The van der Waals surface area contributed by atoms with Crippen LogP contribution in [0.2, 0.25) is 0 Å². The van der Waals surface area contributed by atoms with Gasteiger partial charge >= 0.3 is 5.69 Å². The fourth-order valence-corrected chi connectivity index (χ4v) is 1.82. The first-order valence-electron chi connectivity index (χ1n) is 5.49. The number of hydrogen-bond donors (Lipinski definition) is 2. The first-order chi connectivity index (χ1) is 9.72. The Kier molecular flexibility index (Phi) is 2.69. The molecule has 1 aromatic carbocycles. The minimum atomic E-state index is -0.624. The van der Waals surface area contributed by atoms with Gasteiger partial charge in [0.1, 0.15) is 11.8 Å². The lowest BCUT2D eigenvalue weighted by Crippen LogP contribution is -2.14. The van der Waals surface area contributed by atoms with Gasteiger partial charge in [0.15, 0.2) is 0 Å². The van der Waals surface area contributed by atoms with Crippen molar-refractivity contribution in [1.29, 1.82) is 0 Å². The topological polar surface area (TPSA) is 138 Å². The van der Waals surface area contributed by atoms with E-state index in [1.165, 1.54) is 4.68 Å². The Hall–Kier alpha value is -3.14. The molecule has 0 aliphatic rings. The van der Waals surface area contributed by atoms with Crippen molar-refractivity contribution in [2.75, 3.05) is 5.43 Å². The summed E-state index contributed by atoms with van der Waals surface area (Å²) < 4.78 is 1.27. The summed E-state index contributed by atoms with van der Waals surface area (Å²) in [5, 5.41) is 19.0. The van der Waals surface area contributed by atoms with Crippen molar-refractivity contribution < 1.29 is 4.92 Å². The van der Waals surface area contributed by atoms with E-state index in [0.29, 0.717) is 11.0 Å². The molecule has 3 N–H and O–H groups in total. The molecule has 2 heterocycles. The van der Waals surface area contributed by atoms with Crippen LogP contribution in [0.3, 0.4) is 0 Å². The average Bonchev–Trinajstić information content (AvgIpc) is 2.90. The van der Waals surface area contributed by atoms with Crippen LogP contribution in [0.1, 0.15) is 0 Å². The van der Waals surface area contributed by atoms with Crippen LogP contribution < -0.4 is 11.3 Å². The molecular weight excluding hydrogens is 264 g/mol. The second kappa shape index (κ2) is 4.51. The van der Waals surface area contributed by atoms with Crippen LogP contribution in [0.25, 0.3) is 16.9 Å². The van der Waals surface area contributed by atoms with E-state index in [0.717, 1.165) is 6.33 Å². The zero-order valence-corrected chi connectivity index (χ0v) is 9.96. The summed E-state index contributed by atoms with van der Waals surface area (Å²) in [5.41, 5.74) is 3.00. The number of aromatic nitrogens is 5. The number of nitrogens with one attached hydrogen (secondary N) is 1. The van der Waals surface area contributed by atoms with Crippen molar-refractivity contribution >= 4 is 22.5 Å². The maximum atomic E-state index is 11.2. The molecule has 20 heavy (non-hydrogen) atoms. The van der Waals surface area contributed by atoms with E-state index in [1.807, 2.05) is 0 Å². The number of nitrogens with zero attached hydrogens (tertiary/aromatic N) is 6. The van der Waals surface area contributed by atoms with Gasteiger partial charge in [0.2, 0.25) is 11.6 Å². The van der Waals surface area contributed by atoms with Gasteiger partial charge < -0.3 is 5.43 Å². The van der Waals surface area contributed by atoms with Crippen molar-refractivity contribution in [3.63, 3.8) is 0 Å². The van der Waals surface area contributed by atoms with Gasteiger partial charge in [-0.15, -0.1) is 5.10 Å². The molecule has 3 aromatic rings. The Labute approximate surface area is 111 Å². The molecule has 100 valence electrons. The highest BCUT2D eigenvalue weighted by Crippen LogP contribution is 2.28. The molecule has 10 nitrogen and oxygen atoms in total. The molecule has 0 saturated heterocycles. The summed E-state index contributed by atoms with van der Waals surface area (Å²) in [6.07, 6.45) is 1.16. The molecule has 0 spiro atoms. The van der Waals surface area contributed by atoms with Gasteiger partial charge in [-0.3, -0.25) is 10.1 Å². The molecular formula is C10H8N8O2. The molecule has 0 aliphatic heterocycles. The van der Waals surface area contributed by atoms with Crippen molar-refractivity contribution in [3.05, 3.63) is 40.7 Å². The monoisotopic (exact) mass is 272 g/mol. The third kappa shape index (κ3) is 1.71. The van der Waals surface area contributed by atoms with Crippen LogP contribution in [-0.4, -0.2) is 29.9 Å². The van der Waals surface area contributed by atoms with Crippen LogP contribution in [0, 0.1) is 10.1 Å². The highest BCUT2D eigenvalue weighted by molar-refractivity contribution is 5.77. The molecule has 3 rings (SSSR count). The van der Waals surface area contributed by atoms with Crippen LogP contribution in [0.15, 0.2) is 30.6 Å². The quantitative estimate of drug-likeness (QED) is 0.397. The number of rotatable bonds is 3. The second-order valence-electron chi connectivity index (χ2n) is 3.79. The lowest BCUT2D eigenvalue weighted by Gasteiger charge is -2.05. The maximum Gasteiger partial charge on any atom is 0.357 e. The number of nitrogens with two attached hydrogens (primary N) is 1. The van der Waals surface area contributed by atoms with E-state index in [-0.39, 0.29) is 17.3 Å². The SMILES string of the molecule is NNc1ncnc(-n2nnc3ccccc32)c1[N+](=O)[O-]. The molecule has 0 aliphatic carbocycles. The number of benzene rings is 1. The van der Waals surface area contributed by atoms with E-state index in [9.17, 15) is 10.1 Å². The molecule has 0 unspecified atom stereocenters. The number of para-hydroxylation sites is 1. The third-order valence-electron chi connectivity index (χ3n) is 2.67. The van der Waals surface area contributed by atoms with Gasteiger partial charge in [-0.2, -0.15) is 4.68 Å². The Morgan fingerprint density at radius 1 is 1.30 bits per heavy atom. The van der Waals surface area contributed by atoms with E-state index in [1.54, 1.807) is 24.3 Å². The largest absolute Gasteiger partial charge is 0.357 e. The van der Waals surface area contributed by atoms with Crippen LogP contribution >= 0.6 is 0 Å². The standard InChI is InChI=1S/C10H8N8O2/c11-14-9-8(18(19)20)10(13-5-12-9)17-7-4-2-1-3-6(7)15-16-17/h1-5H,11H2,(H,12,13,14). The van der Waals surface area contributed by atoms with Crippen LogP contribution in [0.4, 0.5) is 11.5 Å². The molecule has 0 radical (unpaired) electrons. The highest BCUT2D eigenvalue weighted by atomic mass is 16.6. The van der Waals surface area contributed by atoms with Gasteiger partial charge in [0.05, 0.1) is 10.4 Å². The van der Waals surface area contributed by atoms with E-state index < -0.39 is 4.92 Å². The second-order valence-corrected chi connectivity index (χ2v) is 3.79. The minimum Gasteiger partial charge on any atom is -0.303 e. The van der Waals surface area contributed by atoms with Gasteiger partial charge in [0, 0.05) is 0 Å². The number of fused-ring (bicyclic) bond motifs is 1. The van der Waals surface area contributed by atoms with Gasteiger partial charge in [-0.25, -0.2) is 15.8 Å². The van der Waals surface area contributed by atoms with Crippen LogP contribution in [-0.2, 0) is 0 Å². The molecule has 0 atom stereocenters. The predicted octanol–water partition coefficient (Wildman–Crippen LogP) is 0.404. The Morgan fingerprint density at radius 3 is 2.85 bits per heavy atom. The van der Waals surface area contributed by atoms with E-state index in [2.05, 4.69) is 25.7 Å². The normalized spacial score (nSPS) is 10.7. The fourth-order valence-electron chi connectivity index (χ4n) is 1.82. The Morgan fingerprint density at radius 2 is 2.10 bits per heavy atom. The predicted molar refractivity (Wildman–Crippen MR) is 68.9 cm³/mol. The molecule has 0 fully saturated rings. The Bertz CT molecular complexity index is 799. The summed E-state index contributed by atoms with van der Waals surface area (Å²) >= 11 is 0. The zero-order chi connectivity index (χ0) is 14.1. The van der Waals surface area contributed by atoms with Crippen molar-refractivity contribution in [2.24, 2.45) is 5.84 Å².